The van der Waals surface area contributed by atoms with Crippen LogP contribution in [0.3, 0.4) is 0 Å². The first-order valence-electron chi connectivity index (χ1n) is 6.47. The number of benzene rings is 2. The molecule has 0 aliphatic rings. The molecule has 0 saturated carbocycles. The largest absolute Gasteiger partial charge is 0.508 e. The lowest BCUT2D eigenvalue weighted by molar-refractivity contribution is 0.304. The van der Waals surface area contributed by atoms with Crippen molar-refractivity contribution >= 4 is 0 Å². The van der Waals surface area contributed by atoms with Crippen LogP contribution in [-0.4, -0.2) is 5.11 Å². The molecule has 2 heteroatoms. The van der Waals surface area contributed by atoms with Crippen molar-refractivity contribution < 1.29 is 9.84 Å². The van der Waals surface area contributed by atoms with Crippen LogP contribution in [0.1, 0.15) is 31.9 Å². The normalized spacial score (nSPS) is 11.3. The maximum Gasteiger partial charge on any atom is 0.120 e. The summed E-state index contributed by atoms with van der Waals surface area (Å²) in [5.41, 5.74) is 1.93. The Morgan fingerprint density at radius 2 is 1.68 bits per heavy atom. The molecule has 1 N–H and O–H groups in total. The van der Waals surface area contributed by atoms with Crippen LogP contribution in [0.15, 0.2) is 48.5 Å². The molecule has 2 rings (SSSR count). The molecule has 0 aliphatic carbocycles. The van der Waals surface area contributed by atoms with Crippen molar-refractivity contribution in [1.29, 1.82) is 0 Å². The first-order chi connectivity index (χ1) is 8.97. The van der Waals surface area contributed by atoms with E-state index in [1.54, 1.807) is 12.1 Å². The van der Waals surface area contributed by atoms with Gasteiger partial charge in [-0.1, -0.05) is 51.1 Å². The molecule has 0 spiro atoms. The summed E-state index contributed by atoms with van der Waals surface area (Å²) in [7, 11) is 0. The molecule has 2 nitrogen and oxygen atoms in total. The summed E-state index contributed by atoms with van der Waals surface area (Å²) in [6, 6.07) is 15.5. The van der Waals surface area contributed by atoms with Gasteiger partial charge in [0.2, 0.25) is 0 Å². The minimum Gasteiger partial charge on any atom is -0.508 e. The summed E-state index contributed by atoms with van der Waals surface area (Å²) in [5.74, 6) is 1.10. The second-order valence-electron chi connectivity index (χ2n) is 5.70. The third-order valence-electron chi connectivity index (χ3n) is 3.02. The van der Waals surface area contributed by atoms with Gasteiger partial charge in [0.25, 0.3) is 0 Å². The molecule has 100 valence electrons. The van der Waals surface area contributed by atoms with E-state index in [0.29, 0.717) is 12.4 Å². The first-order valence-corrected chi connectivity index (χ1v) is 6.47. The number of ether oxygens (including phenoxy) is 1. The van der Waals surface area contributed by atoms with E-state index >= 15 is 0 Å². The van der Waals surface area contributed by atoms with Crippen LogP contribution in [0, 0.1) is 0 Å². The third kappa shape index (κ3) is 3.50. The Balaban J connectivity index is 2.14. The fourth-order valence-corrected chi connectivity index (χ4v) is 1.95. The third-order valence-corrected chi connectivity index (χ3v) is 3.02. The number of hydrogen-bond acceptors (Lipinski definition) is 2. The lowest BCUT2D eigenvalue weighted by Crippen LogP contribution is -2.11. The molecule has 0 radical (unpaired) electrons. The second-order valence-corrected chi connectivity index (χ2v) is 5.70. The Morgan fingerprint density at radius 3 is 2.32 bits per heavy atom. The molecule has 0 unspecified atom stereocenters. The number of phenolic OH excluding ortho intramolecular Hbond substituents is 1. The Hall–Kier alpha value is -1.96. The Bertz CT molecular complexity index is 539. The average Bonchev–Trinajstić information content (AvgIpc) is 2.37. The standard InChI is InChI=1S/C17H20O2/c1-17(2,3)15-11-14(9-10-16(15)18)19-12-13-7-5-4-6-8-13/h4-11,18H,12H2,1-3H3. The van der Waals surface area contributed by atoms with Gasteiger partial charge in [-0.05, 0) is 29.2 Å². The molecule has 0 aromatic heterocycles. The van der Waals surface area contributed by atoms with E-state index < -0.39 is 0 Å². The molecule has 2 aromatic carbocycles. The van der Waals surface area contributed by atoms with Gasteiger partial charge in [-0.25, -0.2) is 0 Å². The van der Waals surface area contributed by atoms with Crippen molar-refractivity contribution in [3.05, 3.63) is 59.7 Å². The first kappa shape index (κ1) is 13.5. The van der Waals surface area contributed by atoms with Crippen molar-refractivity contribution in [2.45, 2.75) is 32.8 Å². The Labute approximate surface area is 114 Å². The minimum absolute atomic E-state index is 0.101. The minimum atomic E-state index is -0.101. The van der Waals surface area contributed by atoms with Gasteiger partial charge in [0.15, 0.2) is 0 Å². The van der Waals surface area contributed by atoms with Crippen molar-refractivity contribution in [1.82, 2.24) is 0 Å². The molecule has 0 atom stereocenters. The molecule has 0 aliphatic heterocycles. The van der Waals surface area contributed by atoms with Crippen molar-refractivity contribution in [3.63, 3.8) is 0 Å². The van der Waals surface area contributed by atoms with E-state index in [9.17, 15) is 5.11 Å². The molecule has 0 saturated heterocycles. The zero-order valence-corrected chi connectivity index (χ0v) is 11.7. The van der Waals surface area contributed by atoms with Gasteiger partial charge in [0.05, 0.1) is 0 Å². The molecule has 2 aromatic rings. The number of hydrogen-bond donors (Lipinski definition) is 1. The van der Waals surface area contributed by atoms with Crippen LogP contribution in [0.2, 0.25) is 0 Å². The summed E-state index contributed by atoms with van der Waals surface area (Å²) < 4.78 is 5.77. The zero-order valence-electron chi connectivity index (χ0n) is 11.7. The molecule has 0 fully saturated rings. The van der Waals surface area contributed by atoms with Gasteiger partial charge >= 0.3 is 0 Å². The van der Waals surface area contributed by atoms with Gasteiger partial charge < -0.3 is 9.84 Å². The van der Waals surface area contributed by atoms with Crippen LogP contribution in [0.25, 0.3) is 0 Å². The summed E-state index contributed by atoms with van der Waals surface area (Å²) in [4.78, 5) is 0. The van der Waals surface area contributed by atoms with Crippen LogP contribution in [-0.2, 0) is 12.0 Å². The van der Waals surface area contributed by atoms with Gasteiger partial charge in [0.1, 0.15) is 18.1 Å². The molecular formula is C17H20O2. The fraction of sp³-hybridized carbons (Fsp3) is 0.294. The molecular weight excluding hydrogens is 236 g/mol. The summed E-state index contributed by atoms with van der Waals surface area (Å²) in [5, 5.41) is 9.90. The van der Waals surface area contributed by atoms with Gasteiger partial charge in [-0.2, -0.15) is 0 Å². The van der Waals surface area contributed by atoms with Crippen LogP contribution in [0.4, 0.5) is 0 Å². The zero-order chi connectivity index (χ0) is 13.9. The van der Waals surface area contributed by atoms with E-state index in [4.69, 9.17) is 4.74 Å². The number of rotatable bonds is 3. The second kappa shape index (κ2) is 5.35. The SMILES string of the molecule is CC(C)(C)c1cc(OCc2ccccc2)ccc1O. The van der Waals surface area contributed by atoms with E-state index in [1.807, 2.05) is 36.4 Å². The maximum atomic E-state index is 9.90. The lowest BCUT2D eigenvalue weighted by Gasteiger charge is -2.21. The monoisotopic (exact) mass is 256 g/mol. The molecule has 0 amide bonds. The molecule has 0 heterocycles. The maximum absolute atomic E-state index is 9.90. The number of aromatic hydroxyl groups is 1. The quantitative estimate of drug-likeness (QED) is 0.888. The Morgan fingerprint density at radius 1 is 1.00 bits per heavy atom. The smallest absolute Gasteiger partial charge is 0.120 e. The van der Waals surface area contributed by atoms with Crippen LogP contribution < -0.4 is 4.74 Å². The predicted octanol–water partition coefficient (Wildman–Crippen LogP) is 4.27. The van der Waals surface area contributed by atoms with E-state index in [1.165, 1.54) is 0 Å². The van der Waals surface area contributed by atoms with Crippen LogP contribution in [0.5, 0.6) is 11.5 Å². The summed E-state index contributed by atoms with van der Waals surface area (Å²) in [6.45, 7) is 6.75. The lowest BCUT2D eigenvalue weighted by atomic mass is 9.86. The number of phenols is 1. The fourth-order valence-electron chi connectivity index (χ4n) is 1.95. The topological polar surface area (TPSA) is 29.5 Å². The molecule has 19 heavy (non-hydrogen) atoms. The van der Waals surface area contributed by atoms with Crippen molar-refractivity contribution in [3.8, 4) is 11.5 Å². The summed E-state index contributed by atoms with van der Waals surface area (Å²) >= 11 is 0. The highest BCUT2D eigenvalue weighted by atomic mass is 16.5. The Kier molecular flexibility index (Phi) is 3.79. The van der Waals surface area contributed by atoms with Crippen molar-refractivity contribution in [2.75, 3.05) is 0 Å². The molecule has 0 bridgehead atoms. The van der Waals surface area contributed by atoms with E-state index in [-0.39, 0.29) is 5.41 Å². The predicted molar refractivity (Wildman–Crippen MR) is 77.6 cm³/mol. The summed E-state index contributed by atoms with van der Waals surface area (Å²) in [6.07, 6.45) is 0. The highest BCUT2D eigenvalue weighted by Crippen LogP contribution is 2.33. The highest BCUT2D eigenvalue weighted by molar-refractivity contribution is 5.43. The van der Waals surface area contributed by atoms with Crippen LogP contribution >= 0.6 is 0 Å². The average molecular weight is 256 g/mol. The van der Waals surface area contributed by atoms with E-state index in [0.717, 1.165) is 16.9 Å². The van der Waals surface area contributed by atoms with Gasteiger partial charge in [-0.15, -0.1) is 0 Å². The highest BCUT2D eigenvalue weighted by Gasteiger charge is 2.18. The van der Waals surface area contributed by atoms with Gasteiger partial charge in [-0.3, -0.25) is 0 Å². The van der Waals surface area contributed by atoms with E-state index in [2.05, 4.69) is 20.8 Å². The van der Waals surface area contributed by atoms with Crippen molar-refractivity contribution in [2.24, 2.45) is 0 Å². The van der Waals surface area contributed by atoms with Gasteiger partial charge in [0, 0.05) is 5.56 Å².